The molecule has 100 valence electrons. The number of rotatable bonds is 5. The van der Waals surface area contributed by atoms with Crippen molar-refractivity contribution in [3.63, 3.8) is 0 Å². The summed E-state index contributed by atoms with van der Waals surface area (Å²) in [4.78, 5) is 33.2. The molecule has 3 atom stereocenters. The molecule has 1 aliphatic heterocycles. The quantitative estimate of drug-likeness (QED) is 0.564. The highest BCUT2D eigenvalue weighted by Gasteiger charge is 2.35. The van der Waals surface area contributed by atoms with E-state index in [9.17, 15) is 14.4 Å². The summed E-state index contributed by atoms with van der Waals surface area (Å²) in [5.74, 6) is -0.653. The van der Waals surface area contributed by atoms with E-state index in [-0.39, 0.29) is 6.61 Å². The summed E-state index contributed by atoms with van der Waals surface area (Å²) in [5, 5.41) is 0. The number of hydrogen-bond acceptors (Lipinski definition) is 6. The average Bonchev–Trinajstić information content (AvgIpc) is 2.94. The van der Waals surface area contributed by atoms with Crippen LogP contribution in [0.1, 0.15) is 10.4 Å². The van der Waals surface area contributed by atoms with Gasteiger partial charge in [0.1, 0.15) is 6.10 Å². The van der Waals surface area contributed by atoms with Crippen molar-refractivity contribution in [2.24, 2.45) is 0 Å². The zero-order valence-corrected chi connectivity index (χ0v) is 9.93. The van der Waals surface area contributed by atoms with E-state index in [2.05, 4.69) is 0 Å². The molecule has 19 heavy (non-hydrogen) atoms. The lowest BCUT2D eigenvalue weighted by atomic mass is 10.2. The van der Waals surface area contributed by atoms with Gasteiger partial charge in [-0.15, -0.1) is 0 Å². The van der Waals surface area contributed by atoms with Gasteiger partial charge in [-0.25, -0.2) is 4.79 Å². The molecule has 0 spiro atoms. The van der Waals surface area contributed by atoms with E-state index in [1.54, 1.807) is 30.3 Å². The van der Waals surface area contributed by atoms with E-state index in [0.29, 0.717) is 18.1 Å². The molecular formula is C13H12O6. The third kappa shape index (κ3) is 3.24. The maximum atomic E-state index is 11.8. The van der Waals surface area contributed by atoms with Gasteiger partial charge in [0.05, 0.1) is 12.2 Å². The van der Waals surface area contributed by atoms with Crippen LogP contribution in [0.2, 0.25) is 0 Å². The molecule has 0 bridgehead atoms. The molecule has 2 rings (SSSR count). The standard InChI is InChI=1S/C13H12O6/c14-6-10-8-17-13(18-10)11(7-15)19-12(16)9-4-2-1-3-5-9/h1-7,10-11,13H,8H2/t10-,11+,13+/m0/s1. The second-order valence-corrected chi connectivity index (χ2v) is 3.88. The molecular weight excluding hydrogens is 252 g/mol. The lowest BCUT2D eigenvalue weighted by Crippen LogP contribution is -2.34. The van der Waals surface area contributed by atoms with Crippen LogP contribution in [0.5, 0.6) is 0 Å². The molecule has 0 unspecified atom stereocenters. The molecule has 0 saturated carbocycles. The summed E-state index contributed by atoms with van der Waals surface area (Å²) in [6.45, 7) is 0.0430. The van der Waals surface area contributed by atoms with Gasteiger partial charge in [0, 0.05) is 0 Å². The lowest BCUT2D eigenvalue weighted by Gasteiger charge is -2.17. The highest BCUT2D eigenvalue weighted by Crippen LogP contribution is 2.16. The first-order chi connectivity index (χ1) is 9.24. The van der Waals surface area contributed by atoms with Crippen LogP contribution in [0.15, 0.2) is 30.3 Å². The molecule has 0 N–H and O–H groups in total. The Balaban J connectivity index is 1.98. The van der Waals surface area contributed by atoms with Crippen molar-refractivity contribution >= 4 is 18.5 Å². The number of aldehydes is 2. The van der Waals surface area contributed by atoms with Gasteiger partial charge in [-0.3, -0.25) is 4.79 Å². The van der Waals surface area contributed by atoms with Gasteiger partial charge in [-0.05, 0) is 12.1 Å². The molecule has 6 heteroatoms. The van der Waals surface area contributed by atoms with Gasteiger partial charge < -0.3 is 19.0 Å². The first-order valence-corrected chi connectivity index (χ1v) is 5.68. The van der Waals surface area contributed by atoms with Crippen LogP contribution in [-0.2, 0) is 23.8 Å². The molecule has 0 amide bonds. The molecule has 6 nitrogen and oxygen atoms in total. The average molecular weight is 264 g/mol. The fraction of sp³-hybridized carbons (Fsp3) is 0.308. The fourth-order valence-electron chi connectivity index (χ4n) is 1.60. The molecule has 1 aliphatic rings. The smallest absolute Gasteiger partial charge is 0.339 e. The molecule has 0 aliphatic carbocycles. The predicted molar refractivity (Wildman–Crippen MR) is 62.4 cm³/mol. The first kappa shape index (κ1) is 13.4. The Morgan fingerprint density at radius 1 is 1.32 bits per heavy atom. The largest absolute Gasteiger partial charge is 0.446 e. The zero-order valence-electron chi connectivity index (χ0n) is 9.93. The molecule has 0 aromatic heterocycles. The van der Waals surface area contributed by atoms with E-state index in [1.807, 2.05) is 0 Å². The monoisotopic (exact) mass is 264 g/mol. The number of ether oxygens (including phenoxy) is 3. The molecule has 1 aromatic carbocycles. The summed E-state index contributed by atoms with van der Waals surface area (Å²) in [6, 6.07) is 8.24. The zero-order chi connectivity index (χ0) is 13.7. The third-order valence-electron chi connectivity index (χ3n) is 2.54. The highest BCUT2D eigenvalue weighted by molar-refractivity contribution is 5.90. The summed E-state index contributed by atoms with van der Waals surface area (Å²) >= 11 is 0. The number of carbonyl (C=O) groups is 3. The van der Waals surface area contributed by atoms with Crippen molar-refractivity contribution in [1.82, 2.24) is 0 Å². The number of esters is 1. The van der Waals surface area contributed by atoms with E-state index in [1.165, 1.54) is 0 Å². The lowest BCUT2D eigenvalue weighted by molar-refractivity contribution is -0.150. The van der Waals surface area contributed by atoms with Crippen LogP contribution < -0.4 is 0 Å². The second-order valence-electron chi connectivity index (χ2n) is 3.88. The minimum Gasteiger partial charge on any atom is -0.446 e. The number of carbonyl (C=O) groups excluding carboxylic acids is 3. The maximum absolute atomic E-state index is 11.8. The normalized spacial score (nSPS) is 23.6. The van der Waals surface area contributed by atoms with Gasteiger partial charge in [0.2, 0.25) is 12.4 Å². The van der Waals surface area contributed by atoms with Gasteiger partial charge in [-0.1, -0.05) is 18.2 Å². The number of hydrogen-bond donors (Lipinski definition) is 0. The van der Waals surface area contributed by atoms with Crippen LogP contribution >= 0.6 is 0 Å². The van der Waals surface area contributed by atoms with Crippen molar-refractivity contribution in [2.45, 2.75) is 18.5 Å². The molecule has 1 aromatic rings. The Morgan fingerprint density at radius 2 is 2.05 bits per heavy atom. The maximum Gasteiger partial charge on any atom is 0.339 e. The van der Waals surface area contributed by atoms with Crippen molar-refractivity contribution in [1.29, 1.82) is 0 Å². The number of benzene rings is 1. The summed E-state index contributed by atoms with van der Waals surface area (Å²) in [5.41, 5.74) is 0.319. The fourth-order valence-corrected chi connectivity index (χ4v) is 1.60. The van der Waals surface area contributed by atoms with E-state index in [0.717, 1.165) is 0 Å². The van der Waals surface area contributed by atoms with Crippen LogP contribution in [0, 0.1) is 0 Å². The Hall–Kier alpha value is -2.05. The Labute approximate surface area is 109 Å². The van der Waals surface area contributed by atoms with E-state index < -0.39 is 24.5 Å². The summed E-state index contributed by atoms with van der Waals surface area (Å²) in [6.07, 6.45) is -1.99. The van der Waals surface area contributed by atoms with Gasteiger partial charge >= 0.3 is 5.97 Å². The molecule has 0 radical (unpaired) electrons. The topological polar surface area (TPSA) is 78.9 Å². The van der Waals surface area contributed by atoms with Crippen molar-refractivity contribution < 1.29 is 28.6 Å². The van der Waals surface area contributed by atoms with Crippen molar-refractivity contribution in [2.75, 3.05) is 6.61 Å². The Morgan fingerprint density at radius 3 is 2.63 bits per heavy atom. The summed E-state index contributed by atoms with van der Waals surface area (Å²) in [7, 11) is 0. The summed E-state index contributed by atoms with van der Waals surface area (Å²) < 4.78 is 15.2. The minimum absolute atomic E-state index is 0.0430. The van der Waals surface area contributed by atoms with Gasteiger partial charge in [-0.2, -0.15) is 0 Å². The second kappa shape index (κ2) is 6.21. The SMILES string of the molecule is O=C[C@H]1CO[C@@H]([C@@H](C=O)OC(=O)c2ccccc2)O1. The van der Waals surface area contributed by atoms with Crippen molar-refractivity contribution in [3.05, 3.63) is 35.9 Å². The van der Waals surface area contributed by atoms with Crippen LogP contribution in [-0.4, -0.2) is 43.6 Å². The molecule has 1 fully saturated rings. The van der Waals surface area contributed by atoms with E-state index in [4.69, 9.17) is 14.2 Å². The Kier molecular flexibility index (Phi) is 4.38. The third-order valence-corrected chi connectivity index (χ3v) is 2.54. The highest BCUT2D eigenvalue weighted by atomic mass is 16.7. The predicted octanol–water partition coefficient (Wildman–Crippen LogP) is 0.351. The van der Waals surface area contributed by atoms with Crippen LogP contribution in [0.25, 0.3) is 0 Å². The van der Waals surface area contributed by atoms with Crippen LogP contribution in [0.4, 0.5) is 0 Å². The first-order valence-electron chi connectivity index (χ1n) is 5.68. The minimum atomic E-state index is -1.20. The van der Waals surface area contributed by atoms with Gasteiger partial charge in [0.15, 0.2) is 12.6 Å². The molecule has 1 heterocycles. The Bertz CT molecular complexity index is 457. The van der Waals surface area contributed by atoms with E-state index >= 15 is 0 Å². The van der Waals surface area contributed by atoms with Gasteiger partial charge in [0.25, 0.3) is 0 Å². The molecule has 1 saturated heterocycles. The van der Waals surface area contributed by atoms with Crippen molar-refractivity contribution in [3.8, 4) is 0 Å². The van der Waals surface area contributed by atoms with Crippen LogP contribution in [0.3, 0.4) is 0 Å².